The molecule has 0 aliphatic carbocycles. The van der Waals surface area contributed by atoms with E-state index >= 15 is 0 Å². The highest BCUT2D eigenvalue weighted by Gasteiger charge is 2.32. The molecule has 2 rings (SSSR count). The van der Waals surface area contributed by atoms with Gasteiger partial charge in [-0.05, 0) is 18.6 Å². The first-order valence-electron chi connectivity index (χ1n) is 5.29. The molecular formula is C12H11ClO5. The minimum absolute atomic E-state index is 0.0546. The maximum absolute atomic E-state index is 11.7. The summed E-state index contributed by atoms with van der Waals surface area (Å²) in [6, 6.07) is 1.30. The summed E-state index contributed by atoms with van der Waals surface area (Å²) in [5.74, 6) is -1.89. The molecule has 1 aromatic carbocycles. The van der Waals surface area contributed by atoms with E-state index in [2.05, 4.69) is 4.74 Å². The topological polar surface area (TPSA) is 72.8 Å². The number of carbonyl (C=O) groups is 2. The van der Waals surface area contributed by atoms with Gasteiger partial charge in [0.2, 0.25) is 0 Å². The molecule has 0 saturated heterocycles. The Morgan fingerprint density at radius 2 is 2.28 bits per heavy atom. The van der Waals surface area contributed by atoms with Gasteiger partial charge in [-0.25, -0.2) is 9.59 Å². The van der Waals surface area contributed by atoms with Crippen LogP contribution < -0.4 is 0 Å². The van der Waals surface area contributed by atoms with Crippen molar-refractivity contribution in [3.8, 4) is 5.75 Å². The Morgan fingerprint density at radius 1 is 1.61 bits per heavy atom. The van der Waals surface area contributed by atoms with Gasteiger partial charge in [0.25, 0.3) is 0 Å². The number of hydrogen-bond acceptors (Lipinski definition) is 5. The van der Waals surface area contributed by atoms with Crippen molar-refractivity contribution in [1.29, 1.82) is 0 Å². The Bertz CT molecular complexity index is 538. The molecule has 1 unspecified atom stereocenters. The lowest BCUT2D eigenvalue weighted by atomic mass is 9.95. The lowest BCUT2D eigenvalue weighted by Gasteiger charge is -2.24. The molecule has 0 amide bonds. The molecule has 96 valence electrons. The summed E-state index contributed by atoms with van der Waals surface area (Å²) in [5, 5.41) is 10.2. The van der Waals surface area contributed by atoms with Gasteiger partial charge in [0.05, 0.1) is 7.11 Å². The first-order chi connectivity index (χ1) is 8.45. The zero-order chi connectivity index (χ0) is 13.4. The van der Waals surface area contributed by atoms with E-state index in [1.54, 1.807) is 6.92 Å². The van der Waals surface area contributed by atoms with Crippen molar-refractivity contribution in [2.24, 2.45) is 0 Å². The molecule has 0 spiro atoms. The lowest BCUT2D eigenvalue weighted by molar-refractivity contribution is 0.0297. The summed E-state index contributed by atoms with van der Waals surface area (Å²) in [7, 11) is 1.18. The third-order valence-corrected chi connectivity index (χ3v) is 3.10. The van der Waals surface area contributed by atoms with E-state index in [-0.39, 0.29) is 22.3 Å². The minimum atomic E-state index is -0.761. The van der Waals surface area contributed by atoms with E-state index in [1.165, 1.54) is 13.2 Å². The number of fused-ring (bicyclic) bond motifs is 1. The van der Waals surface area contributed by atoms with Crippen molar-refractivity contribution in [1.82, 2.24) is 0 Å². The van der Waals surface area contributed by atoms with Gasteiger partial charge in [-0.2, -0.15) is 0 Å². The zero-order valence-corrected chi connectivity index (χ0v) is 10.6. The van der Waals surface area contributed by atoms with Gasteiger partial charge in [0, 0.05) is 11.4 Å². The average molecular weight is 271 g/mol. The number of halogens is 1. The maximum Gasteiger partial charge on any atom is 0.342 e. The summed E-state index contributed by atoms with van der Waals surface area (Å²) in [5.41, 5.74) is 0.291. The molecule has 1 aliphatic heterocycles. The van der Waals surface area contributed by atoms with Crippen LogP contribution in [0.25, 0.3) is 0 Å². The number of aromatic hydroxyl groups is 1. The molecule has 1 aromatic rings. The summed E-state index contributed by atoms with van der Waals surface area (Å²) in [6.07, 6.45) is 0.0837. The smallest absolute Gasteiger partial charge is 0.342 e. The number of phenolic OH excluding ortho intramolecular Hbond substituents is 1. The van der Waals surface area contributed by atoms with Crippen LogP contribution in [0.2, 0.25) is 5.02 Å². The molecule has 0 aromatic heterocycles. The molecule has 5 nitrogen and oxygen atoms in total. The van der Waals surface area contributed by atoms with E-state index in [4.69, 9.17) is 16.3 Å². The van der Waals surface area contributed by atoms with Crippen LogP contribution in [0.1, 0.15) is 33.2 Å². The molecule has 18 heavy (non-hydrogen) atoms. The maximum atomic E-state index is 11.7. The Labute approximate surface area is 108 Å². The first kappa shape index (κ1) is 12.7. The molecular weight excluding hydrogens is 260 g/mol. The van der Waals surface area contributed by atoms with Gasteiger partial charge in [0.15, 0.2) is 0 Å². The van der Waals surface area contributed by atoms with Crippen LogP contribution in [0.4, 0.5) is 0 Å². The fourth-order valence-corrected chi connectivity index (χ4v) is 2.22. The van der Waals surface area contributed by atoms with Crippen LogP contribution in [0.3, 0.4) is 0 Å². The number of rotatable bonds is 1. The predicted octanol–water partition coefficient (Wildman–Crippen LogP) is 1.93. The van der Waals surface area contributed by atoms with E-state index in [9.17, 15) is 14.7 Å². The molecule has 0 fully saturated rings. The summed E-state index contributed by atoms with van der Waals surface area (Å²) in [6.45, 7) is 1.72. The van der Waals surface area contributed by atoms with Crippen molar-refractivity contribution in [2.75, 3.05) is 7.11 Å². The fraction of sp³-hybridized carbons (Fsp3) is 0.333. The first-order valence-corrected chi connectivity index (χ1v) is 5.67. The van der Waals surface area contributed by atoms with Crippen molar-refractivity contribution < 1.29 is 24.2 Å². The third kappa shape index (κ3) is 1.90. The second-order valence-corrected chi connectivity index (χ2v) is 4.43. The number of benzene rings is 1. The minimum Gasteiger partial charge on any atom is -0.506 e. The number of carbonyl (C=O) groups excluding carboxylic acids is 2. The molecule has 6 heteroatoms. The zero-order valence-electron chi connectivity index (χ0n) is 9.82. The predicted molar refractivity (Wildman–Crippen MR) is 63.0 cm³/mol. The van der Waals surface area contributed by atoms with Crippen molar-refractivity contribution >= 4 is 23.5 Å². The highest BCUT2D eigenvalue weighted by molar-refractivity contribution is 6.32. The lowest BCUT2D eigenvalue weighted by Crippen LogP contribution is -2.26. The van der Waals surface area contributed by atoms with E-state index in [0.717, 1.165) is 0 Å². The molecule has 1 N–H and O–H groups in total. The monoisotopic (exact) mass is 270 g/mol. The van der Waals surface area contributed by atoms with Crippen molar-refractivity contribution in [2.45, 2.75) is 19.4 Å². The number of ether oxygens (including phenoxy) is 2. The van der Waals surface area contributed by atoms with Crippen LogP contribution in [0.15, 0.2) is 6.07 Å². The van der Waals surface area contributed by atoms with E-state index < -0.39 is 17.7 Å². The standard InChI is InChI=1S/C12H11ClO5/c1-5-3-6-8(13)4-7(11(15)17-2)10(14)9(6)12(16)18-5/h4-5,14H,3H2,1-2H3. The second kappa shape index (κ2) is 4.49. The Hall–Kier alpha value is -1.75. The van der Waals surface area contributed by atoms with Crippen LogP contribution in [-0.4, -0.2) is 30.3 Å². The summed E-state index contributed by atoms with van der Waals surface area (Å²) < 4.78 is 9.52. The largest absolute Gasteiger partial charge is 0.506 e. The van der Waals surface area contributed by atoms with Gasteiger partial charge in [-0.3, -0.25) is 0 Å². The molecule has 1 atom stereocenters. The van der Waals surface area contributed by atoms with E-state index in [0.29, 0.717) is 12.0 Å². The number of cyclic esters (lactones) is 1. The Kier molecular flexibility index (Phi) is 3.17. The quantitative estimate of drug-likeness (QED) is 0.790. The molecule has 0 bridgehead atoms. The number of hydrogen-bond donors (Lipinski definition) is 1. The van der Waals surface area contributed by atoms with E-state index in [1.807, 2.05) is 0 Å². The highest BCUT2D eigenvalue weighted by atomic mass is 35.5. The molecule has 1 heterocycles. The highest BCUT2D eigenvalue weighted by Crippen LogP contribution is 2.36. The normalized spacial score (nSPS) is 17.9. The van der Waals surface area contributed by atoms with Gasteiger partial charge in [-0.1, -0.05) is 11.6 Å². The SMILES string of the molecule is COC(=O)c1cc(Cl)c2c(c1O)C(=O)OC(C)C2. The number of phenols is 1. The third-order valence-electron chi connectivity index (χ3n) is 2.76. The van der Waals surface area contributed by atoms with Crippen molar-refractivity contribution in [3.05, 3.63) is 27.8 Å². The van der Waals surface area contributed by atoms with Gasteiger partial charge < -0.3 is 14.6 Å². The molecule has 0 saturated carbocycles. The van der Waals surface area contributed by atoms with Crippen LogP contribution in [0.5, 0.6) is 5.75 Å². The van der Waals surface area contributed by atoms with Crippen LogP contribution in [-0.2, 0) is 15.9 Å². The second-order valence-electron chi connectivity index (χ2n) is 4.02. The van der Waals surface area contributed by atoms with Crippen LogP contribution in [0, 0.1) is 0 Å². The van der Waals surface area contributed by atoms with Crippen molar-refractivity contribution in [3.63, 3.8) is 0 Å². The Morgan fingerprint density at radius 3 is 2.89 bits per heavy atom. The fourth-order valence-electron chi connectivity index (χ4n) is 1.93. The van der Waals surface area contributed by atoms with Crippen LogP contribution >= 0.6 is 11.6 Å². The summed E-state index contributed by atoms with van der Waals surface area (Å²) in [4.78, 5) is 23.2. The summed E-state index contributed by atoms with van der Waals surface area (Å²) >= 11 is 6.02. The Balaban J connectivity index is 2.66. The number of esters is 2. The number of methoxy groups -OCH3 is 1. The molecule has 0 radical (unpaired) electrons. The molecule has 1 aliphatic rings. The average Bonchev–Trinajstić information content (AvgIpc) is 2.31. The van der Waals surface area contributed by atoms with Gasteiger partial charge >= 0.3 is 11.9 Å². The van der Waals surface area contributed by atoms with Gasteiger partial charge in [-0.15, -0.1) is 0 Å². The van der Waals surface area contributed by atoms with Gasteiger partial charge in [0.1, 0.15) is 23.0 Å².